The second kappa shape index (κ2) is 3.83. The second-order valence-corrected chi connectivity index (χ2v) is 3.08. The first-order valence-corrected chi connectivity index (χ1v) is 4.44. The fraction of sp³-hybridized carbons (Fsp3) is 0. The summed E-state index contributed by atoms with van der Waals surface area (Å²) in [6, 6.07) is 7.11. The minimum atomic E-state index is 0.630. The van der Waals surface area contributed by atoms with Gasteiger partial charge in [-0.3, -0.25) is 0 Å². The Balaban J connectivity index is 2.15. The van der Waals surface area contributed by atoms with E-state index in [0.29, 0.717) is 23.0 Å². The summed E-state index contributed by atoms with van der Waals surface area (Å²) in [6.07, 6.45) is 3.17. The maximum Gasteiger partial charge on any atom is 0.131 e. The molecule has 0 aromatic carbocycles. The van der Waals surface area contributed by atoms with Crippen molar-refractivity contribution in [1.82, 2.24) is 9.97 Å². The van der Waals surface area contributed by atoms with Crippen LogP contribution in [0.2, 0.25) is 0 Å². The minimum Gasteiger partial charge on any atom is -0.397 e. The van der Waals surface area contributed by atoms with E-state index in [1.807, 2.05) is 0 Å². The average Bonchev–Trinajstić information content (AvgIpc) is 2.25. The van der Waals surface area contributed by atoms with Crippen LogP contribution in [0.4, 0.5) is 23.0 Å². The first-order chi connectivity index (χ1) is 7.24. The van der Waals surface area contributed by atoms with Gasteiger partial charge >= 0.3 is 0 Å². The van der Waals surface area contributed by atoms with Crippen LogP contribution in [0.5, 0.6) is 0 Å². The topological polar surface area (TPSA) is 89.8 Å². The van der Waals surface area contributed by atoms with Gasteiger partial charge in [-0.2, -0.15) is 0 Å². The molecule has 0 spiro atoms. The van der Waals surface area contributed by atoms with Crippen molar-refractivity contribution in [2.75, 3.05) is 16.8 Å². The van der Waals surface area contributed by atoms with Gasteiger partial charge in [0.1, 0.15) is 11.6 Å². The van der Waals surface area contributed by atoms with Gasteiger partial charge in [0, 0.05) is 0 Å². The molecule has 0 amide bonds. The van der Waals surface area contributed by atoms with Crippen molar-refractivity contribution in [2.45, 2.75) is 0 Å². The van der Waals surface area contributed by atoms with E-state index >= 15 is 0 Å². The van der Waals surface area contributed by atoms with Crippen molar-refractivity contribution >= 4 is 23.0 Å². The molecule has 0 radical (unpaired) electrons. The maximum absolute atomic E-state index is 5.52. The highest BCUT2D eigenvalue weighted by Crippen LogP contribution is 2.13. The zero-order valence-corrected chi connectivity index (χ0v) is 8.01. The number of anilines is 4. The van der Waals surface area contributed by atoms with Gasteiger partial charge in [-0.25, -0.2) is 9.97 Å². The molecular weight excluding hydrogens is 190 g/mol. The van der Waals surface area contributed by atoms with Crippen LogP contribution in [0.3, 0.4) is 0 Å². The van der Waals surface area contributed by atoms with Crippen molar-refractivity contribution in [2.24, 2.45) is 0 Å². The van der Waals surface area contributed by atoms with Crippen LogP contribution in [-0.2, 0) is 0 Å². The Labute approximate surface area is 87.2 Å². The standard InChI is InChI=1S/C10H11N5/c11-7-1-3-9(13-5-7)15-10-4-2-8(12)6-14-10/h1-6H,11-12H2,(H,13,14,15). The van der Waals surface area contributed by atoms with Gasteiger partial charge < -0.3 is 16.8 Å². The minimum absolute atomic E-state index is 0.630. The molecule has 76 valence electrons. The molecule has 0 aliphatic rings. The number of pyridine rings is 2. The van der Waals surface area contributed by atoms with Crippen molar-refractivity contribution < 1.29 is 0 Å². The van der Waals surface area contributed by atoms with E-state index in [1.54, 1.807) is 36.7 Å². The summed E-state index contributed by atoms with van der Waals surface area (Å²) in [5.41, 5.74) is 12.3. The molecule has 0 saturated carbocycles. The first kappa shape index (κ1) is 9.26. The predicted molar refractivity (Wildman–Crippen MR) is 60.6 cm³/mol. The molecule has 0 unspecified atom stereocenters. The molecule has 0 atom stereocenters. The molecule has 2 aromatic heterocycles. The SMILES string of the molecule is Nc1ccc(Nc2ccc(N)cn2)nc1. The summed E-state index contributed by atoms with van der Waals surface area (Å²) >= 11 is 0. The van der Waals surface area contributed by atoms with Crippen molar-refractivity contribution in [3.8, 4) is 0 Å². The molecule has 2 rings (SSSR count). The summed E-state index contributed by atoms with van der Waals surface area (Å²) in [7, 11) is 0. The summed E-state index contributed by atoms with van der Waals surface area (Å²) in [5, 5.41) is 3.02. The third kappa shape index (κ3) is 2.34. The van der Waals surface area contributed by atoms with Gasteiger partial charge in [-0.15, -0.1) is 0 Å². The van der Waals surface area contributed by atoms with E-state index in [4.69, 9.17) is 11.5 Å². The van der Waals surface area contributed by atoms with Crippen LogP contribution in [-0.4, -0.2) is 9.97 Å². The number of aromatic nitrogens is 2. The fourth-order valence-corrected chi connectivity index (χ4v) is 1.09. The molecule has 5 heteroatoms. The highest BCUT2D eigenvalue weighted by molar-refractivity contribution is 5.55. The van der Waals surface area contributed by atoms with Gasteiger partial charge in [-0.1, -0.05) is 0 Å². The Kier molecular flexibility index (Phi) is 2.37. The van der Waals surface area contributed by atoms with Crippen LogP contribution in [0, 0.1) is 0 Å². The lowest BCUT2D eigenvalue weighted by Gasteiger charge is -2.04. The third-order valence-electron chi connectivity index (χ3n) is 1.83. The fourth-order valence-electron chi connectivity index (χ4n) is 1.09. The average molecular weight is 201 g/mol. The normalized spacial score (nSPS) is 9.87. The van der Waals surface area contributed by atoms with E-state index in [9.17, 15) is 0 Å². The van der Waals surface area contributed by atoms with Crippen molar-refractivity contribution in [1.29, 1.82) is 0 Å². The Morgan fingerprint density at radius 2 is 1.27 bits per heavy atom. The molecule has 0 bridgehead atoms. The highest BCUT2D eigenvalue weighted by atomic mass is 15.0. The van der Waals surface area contributed by atoms with E-state index in [0.717, 1.165) is 0 Å². The number of rotatable bonds is 2. The quantitative estimate of drug-likeness (QED) is 0.683. The number of nitrogens with one attached hydrogen (secondary N) is 1. The second-order valence-electron chi connectivity index (χ2n) is 3.08. The summed E-state index contributed by atoms with van der Waals surface area (Å²) in [5.74, 6) is 1.39. The van der Waals surface area contributed by atoms with Crippen LogP contribution < -0.4 is 16.8 Å². The molecule has 2 heterocycles. The molecule has 0 aliphatic carbocycles. The number of hydrogen-bond acceptors (Lipinski definition) is 5. The van der Waals surface area contributed by atoms with Crippen LogP contribution >= 0.6 is 0 Å². The lowest BCUT2D eigenvalue weighted by atomic mass is 10.4. The van der Waals surface area contributed by atoms with Crippen molar-refractivity contribution in [3.63, 3.8) is 0 Å². The molecule has 0 saturated heterocycles. The zero-order valence-electron chi connectivity index (χ0n) is 8.01. The number of hydrogen-bond donors (Lipinski definition) is 3. The molecule has 2 aromatic rings. The van der Waals surface area contributed by atoms with Gasteiger partial charge in [0.25, 0.3) is 0 Å². The summed E-state index contributed by atoms with van der Waals surface area (Å²) in [4.78, 5) is 8.18. The Hall–Kier alpha value is -2.30. The van der Waals surface area contributed by atoms with Gasteiger partial charge in [0.15, 0.2) is 0 Å². The Bertz CT molecular complexity index is 391. The Morgan fingerprint density at radius 1 is 0.800 bits per heavy atom. The highest BCUT2D eigenvalue weighted by Gasteiger charge is 1.96. The number of nitrogens with two attached hydrogens (primary N) is 2. The van der Waals surface area contributed by atoms with E-state index in [-0.39, 0.29) is 0 Å². The van der Waals surface area contributed by atoms with Gasteiger partial charge in [-0.05, 0) is 24.3 Å². The van der Waals surface area contributed by atoms with E-state index in [1.165, 1.54) is 0 Å². The molecule has 5 N–H and O–H groups in total. The van der Waals surface area contributed by atoms with Crippen molar-refractivity contribution in [3.05, 3.63) is 36.7 Å². The van der Waals surface area contributed by atoms with E-state index < -0.39 is 0 Å². The monoisotopic (exact) mass is 201 g/mol. The van der Waals surface area contributed by atoms with Crippen LogP contribution in [0.15, 0.2) is 36.7 Å². The van der Waals surface area contributed by atoms with Gasteiger partial charge in [0.05, 0.1) is 23.8 Å². The van der Waals surface area contributed by atoms with Crippen LogP contribution in [0.1, 0.15) is 0 Å². The first-order valence-electron chi connectivity index (χ1n) is 4.44. The largest absolute Gasteiger partial charge is 0.397 e. The van der Waals surface area contributed by atoms with Gasteiger partial charge in [0.2, 0.25) is 0 Å². The lowest BCUT2D eigenvalue weighted by molar-refractivity contribution is 1.25. The molecule has 15 heavy (non-hydrogen) atoms. The molecule has 0 aliphatic heterocycles. The predicted octanol–water partition coefficient (Wildman–Crippen LogP) is 1.38. The third-order valence-corrected chi connectivity index (χ3v) is 1.83. The van der Waals surface area contributed by atoms with E-state index in [2.05, 4.69) is 15.3 Å². The molecule has 5 nitrogen and oxygen atoms in total. The molecule has 0 fully saturated rings. The zero-order chi connectivity index (χ0) is 10.7. The maximum atomic E-state index is 5.52. The smallest absolute Gasteiger partial charge is 0.131 e. The summed E-state index contributed by atoms with van der Waals surface area (Å²) in [6.45, 7) is 0. The number of nitrogens with zero attached hydrogens (tertiary/aromatic N) is 2. The summed E-state index contributed by atoms with van der Waals surface area (Å²) < 4.78 is 0. The van der Waals surface area contributed by atoms with Crippen LogP contribution in [0.25, 0.3) is 0 Å². The molecular formula is C10H11N5. The Morgan fingerprint density at radius 3 is 1.60 bits per heavy atom. The number of nitrogen functional groups attached to an aromatic ring is 2. The lowest BCUT2D eigenvalue weighted by Crippen LogP contribution is -1.97.